The number of aliphatic hydroxyl groups excluding tert-OH is 2. The van der Waals surface area contributed by atoms with E-state index in [1.807, 2.05) is 0 Å². The van der Waals surface area contributed by atoms with Crippen molar-refractivity contribution in [3.05, 3.63) is 35.4 Å². The van der Waals surface area contributed by atoms with E-state index in [9.17, 15) is 13.9 Å². The van der Waals surface area contributed by atoms with E-state index in [2.05, 4.69) is 9.80 Å². The predicted molar refractivity (Wildman–Crippen MR) is 89.1 cm³/mol. The Morgan fingerprint density at radius 2 is 1.92 bits per heavy atom. The highest BCUT2D eigenvalue weighted by Gasteiger charge is 2.40. The number of ether oxygens (including phenoxy) is 1. The van der Waals surface area contributed by atoms with E-state index in [1.54, 1.807) is 6.07 Å². The zero-order valence-corrected chi connectivity index (χ0v) is 14.3. The van der Waals surface area contributed by atoms with Crippen LogP contribution >= 0.6 is 0 Å². The fraction of sp³-hybridized carbons (Fsp3) is 0.667. The third-order valence-electron chi connectivity index (χ3n) is 5.20. The lowest BCUT2D eigenvalue weighted by molar-refractivity contribution is -0.141. The van der Waals surface area contributed by atoms with Crippen LogP contribution in [0.25, 0.3) is 0 Å². The van der Waals surface area contributed by atoms with Gasteiger partial charge in [-0.1, -0.05) is 12.1 Å². The third-order valence-corrected chi connectivity index (χ3v) is 5.20. The molecular weight excluding hydrogens is 330 g/mol. The minimum atomic E-state index is -0.806. The molecule has 2 saturated heterocycles. The topological polar surface area (TPSA) is 56.2 Å². The predicted octanol–water partition coefficient (Wildman–Crippen LogP) is 0.985. The van der Waals surface area contributed by atoms with Crippen molar-refractivity contribution in [2.24, 2.45) is 0 Å². The monoisotopic (exact) mass is 356 g/mol. The zero-order chi connectivity index (χ0) is 17.9. The van der Waals surface area contributed by atoms with E-state index in [-0.39, 0.29) is 12.2 Å². The Balaban J connectivity index is 1.55. The maximum absolute atomic E-state index is 13.8. The SMILES string of the molecule is OCC(O)CN1CCOC2(CCN(Cc3cccc(F)c3F)CC2)C1. The Labute approximate surface area is 146 Å². The van der Waals surface area contributed by atoms with Crippen LogP contribution in [0, 0.1) is 11.6 Å². The maximum atomic E-state index is 13.8. The maximum Gasteiger partial charge on any atom is 0.163 e. The molecule has 7 heteroatoms. The smallest absolute Gasteiger partial charge is 0.163 e. The number of halogens is 2. The minimum Gasteiger partial charge on any atom is -0.394 e. The minimum absolute atomic E-state index is 0.239. The molecule has 2 N–H and O–H groups in total. The summed E-state index contributed by atoms with van der Waals surface area (Å²) in [6.07, 6.45) is 0.900. The molecule has 0 bridgehead atoms. The number of hydrogen-bond donors (Lipinski definition) is 2. The van der Waals surface area contributed by atoms with Gasteiger partial charge in [-0.15, -0.1) is 0 Å². The average molecular weight is 356 g/mol. The Bertz CT molecular complexity index is 579. The van der Waals surface area contributed by atoms with E-state index in [0.717, 1.165) is 45.1 Å². The summed E-state index contributed by atoms with van der Waals surface area (Å²) < 4.78 is 33.2. The molecule has 25 heavy (non-hydrogen) atoms. The highest BCUT2D eigenvalue weighted by atomic mass is 19.2. The van der Waals surface area contributed by atoms with Gasteiger partial charge in [0.2, 0.25) is 0 Å². The van der Waals surface area contributed by atoms with Crippen LogP contribution in [-0.2, 0) is 11.3 Å². The molecular formula is C18H26F2N2O3. The summed E-state index contributed by atoms with van der Waals surface area (Å²) in [6, 6.07) is 4.29. The molecule has 1 atom stereocenters. The van der Waals surface area contributed by atoms with E-state index < -0.39 is 17.7 Å². The molecule has 3 rings (SSSR count). The highest BCUT2D eigenvalue weighted by molar-refractivity contribution is 5.19. The Morgan fingerprint density at radius 1 is 1.16 bits per heavy atom. The number of rotatable bonds is 5. The first-order chi connectivity index (χ1) is 12.0. The fourth-order valence-electron chi connectivity index (χ4n) is 3.77. The van der Waals surface area contributed by atoms with Gasteiger partial charge < -0.3 is 14.9 Å². The normalized spacial score (nSPS) is 23.0. The highest BCUT2D eigenvalue weighted by Crippen LogP contribution is 2.31. The second-order valence-electron chi connectivity index (χ2n) is 7.09. The van der Waals surface area contributed by atoms with E-state index >= 15 is 0 Å². The molecule has 0 aromatic heterocycles. The van der Waals surface area contributed by atoms with Crippen LogP contribution in [0.1, 0.15) is 18.4 Å². The van der Waals surface area contributed by atoms with Gasteiger partial charge >= 0.3 is 0 Å². The first-order valence-corrected chi connectivity index (χ1v) is 8.82. The van der Waals surface area contributed by atoms with Crippen molar-refractivity contribution in [1.82, 2.24) is 9.80 Å². The summed E-state index contributed by atoms with van der Waals surface area (Å²) in [5.41, 5.74) is 0.137. The van der Waals surface area contributed by atoms with E-state index in [4.69, 9.17) is 9.84 Å². The van der Waals surface area contributed by atoms with Gasteiger partial charge in [0.25, 0.3) is 0 Å². The van der Waals surface area contributed by atoms with Crippen LogP contribution in [-0.4, -0.2) is 77.7 Å². The second-order valence-corrected chi connectivity index (χ2v) is 7.09. The van der Waals surface area contributed by atoms with Crippen molar-refractivity contribution in [2.75, 3.05) is 45.9 Å². The van der Waals surface area contributed by atoms with Gasteiger partial charge in [0, 0.05) is 44.8 Å². The quantitative estimate of drug-likeness (QED) is 0.824. The molecule has 5 nitrogen and oxygen atoms in total. The van der Waals surface area contributed by atoms with Crippen LogP contribution in [0.5, 0.6) is 0 Å². The Morgan fingerprint density at radius 3 is 2.64 bits per heavy atom. The van der Waals surface area contributed by atoms with Crippen molar-refractivity contribution >= 4 is 0 Å². The largest absolute Gasteiger partial charge is 0.394 e. The lowest BCUT2D eigenvalue weighted by Crippen LogP contribution is -2.57. The molecule has 0 saturated carbocycles. The molecule has 2 aliphatic rings. The molecule has 0 aliphatic carbocycles. The molecule has 2 heterocycles. The summed E-state index contributed by atoms with van der Waals surface area (Å²) in [5.74, 6) is -1.57. The number of nitrogens with zero attached hydrogens (tertiary/aromatic N) is 2. The van der Waals surface area contributed by atoms with Crippen molar-refractivity contribution in [2.45, 2.75) is 31.1 Å². The van der Waals surface area contributed by atoms with E-state index in [1.165, 1.54) is 6.07 Å². The van der Waals surface area contributed by atoms with Crippen LogP contribution in [0.3, 0.4) is 0 Å². The Kier molecular flexibility index (Phi) is 6.01. The number of β-amino-alcohol motifs (C(OH)–C–C–N with tert-alkyl or cyclic N) is 1. The van der Waals surface area contributed by atoms with Crippen molar-refractivity contribution in [3.8, 4) is 0 Å². The van der Waals surface area contributed by atoms with Gasteiger partial charge in [0.15, 0.2) is 11.6 Å². The molecule has 1 aromatic rings. The molecule has 140 valence electrons. The first-order valence-electron chi connectivity index (χ1n) is 8.82. The van der Waals surface area contributed by atoms with Crippen molar-refractivity contribution < 1.29 is 23.7 Å². The van der Waals surface area contributed by atoms with Gasteiger partial charge in [-0.25, -0.2) is 8.78 Å². The van der Waals surface area contributed by atoms with Crippen molar-refractivity contribution in [1.29, 1.82) is 0 Å². The van der Waals surface area contributed by atoms with Crippen LogP contribution in [0.4, 0.5) is 8.78 Å². The van der Waals surface area contributed by atoms with Crippen LogP contribution in [0.2, 0.25) is 0 Å². The molecule has 1 aromatic carbocycles. The summed E-state index contributed by atoms with van der Waals surface area (Å²) in [5, 5.41) is 18.7. The van der Waals surface area contributed by atoms with Gasteiger partial charge in [-0.3, -0.25) is 9.80 Å². The molecule has 1 unspecified atom stereocenters. The van der Waals surface area contributed by atoms with Crippen molar-refractivity contribution in [3.63, 3.8) is 0 Å². The first kappa shape index (κ1) is 18.7. The number of aliphatic hydroxyl groups is 2. The van der Waals surface area contributed by atoms with Gasteiger partial charge in [0.05, 0.1) is 24.9 Å². The van der Waals surface area contributed by atoms with Gasteiger partial charge in [-0.2, -0.15) is 0 Å². The van der Waals surface area contributed by atoms with Gasteiger partial charge in [-0.05, 0) is 18.9 Å². The lowest BCUT2D eigenvalue weighted by atomic mass is 9.89. The van der Waals surface area contributed by atoms with Gasteiger partial charge in [0.1, 0.15) is 0 Å². The lowest BCUT2D eigenvalue weighted by Gasteiger charge is -2.47. The van der Waals surface area contributed by atoms with Crippen LogP contribution < -0.4 is 0 Å². The van der Waals surface area contributed by atoms with E-state index in [0.29, 0.717) is 25.3 Å². The molecule has 2 aliphatic heterocycles. The summed E-state index contributed by atoms with van der Waals surface area (Å²) in [6.45, 7) is 4.20. The molecule has 0 radical (unpaired) electrons. The molecule has 0 amide bonds. The fourth-order valence-corrected chi connectivity index (χ4v) is 3.77. The number of likely N-dealkylation sites (tertiary alicyclic amines) is 1. The number of piperidine rings is 1. The standard InChI is InChI=1S/C18H26F2N2O3/c19-16-3-1-2-14(17(16)20)10-21-6-4-18(5-7-21)13-22(8-9-25-18)11-15(24)12-23/h1-3,15,23-24H,4-13H2. The number of benzene rings is 1. The zero-order valence-electron chi connectivity index (χ0n) is 14.3. The summed E-state index contributed by atoms with van der Waals surface area (Å²) in [4.78, 5) is 4.25. The van der Waals surface area contributed by atoms with Crippen LogP contribution in [0.15, 0.2) is 18.2 Å². The number of morpholine rings is 1. The third kappa shape index (κ3) is 4.54. The Hall–Kier alpha value is -1.12. The average Bonchev–Trinajstić information content (AvgIpc) is 2.61. The molecule has 2 fully saturated rings. The number of hydrogen-bond acceptors (Lipinski definition) is 5. The second kappa shape index (κ2) is 8.05. The summed E-state index contributed by atoms with van der Waals surface area (Å²) >= 11 is 0. The summed E-state index contributed by atoms with van der Waals surface area (Å²) in [7, 11) is 0. The molecule has 1 spiro atoms.